The van der Waals surface area contributed by atoms with Crippen molar-refractivity contribution in [2.75, 3.05) is 13.2 Å². The van der Waals surface area contributed by atoms with Crippen LogP contribution in [0.4, 0.5) is 4.79 Å². The molecule has 1 unspecified atom stereocenters. The number of ether oxygens (including phenoxy) is 1. The van der Waals surface area contributed by atoms with Crippen molar-refractivity contribution in [2.45, 2.75) is 58.4 Å². The third-order valence-electron chi connectivity index (χ3n) is 6.33. The van der Waals surface area contributed by atoms with Crippen LogP contribution in [0.25, 0.3) is 11.1 Å². The topological polar surface area (TPSA) is 105 Å². The monoisotopic (exact) mass is 466 g/mol. The number of aliphatic carboxylic acids is 1. The van der Waals surface area contributed by atoms with Gasteiger partial charge in [-0.05, 0) is 41.0 Å². The summed E-state index contributed by atoms with van der Waals surface area (Å²) in [6.45, 7) is 7.50. The Hall–Kier alpha value is -3.35. The number of alkyl carbamates (subject to hydrolysis) is 1. The molecule has 1 aliphatic rings. The summed E-state index contributed by atoms with van der Waals surface area (Å²) < 4.78 is 5.56. The van der Waals surface area contributed by atoms with Gasteiger partial charge >= 0.3 is 12.1 Å². The fourth-order valence-corrected chi connectivity index (χ4v) is 4.53. The van der Waals surface area contributed by atoms with Gasteiger partial charge in [-0.2, -0.15) is 0 Å². The maximum Gasteiger partial charge on any atom is 0.407 e. The van der Waals surface area contributed by atoms with E-state index < -0.39 is 23.0 Å². The normalized spacial score (nSPS) is 14.5. The number of nitrogens with one attached hydrogen (secondary N) is 2. The maximum atomic E-state index is 12.5. The fourth-order valence-electron chi connectivity index (χ4n) is 4.53. The lowest BCUT2D eigenvalue weighted by atomic mass is 9.87. The molecule has 0 saturated heterocycles. The number of carboxylic acid groups (broad SMARTS) is 1. The van der Waals surface area contributed by atoms with Crippen LogP contribution in [0.5, 0.6) is 0 Å². The predicted molar refractivity (Wildman–Crippen MR) is 131 cm³/mol. The molecule has 1 atom stereocenters. The molecule has 2 aromatic rings. The average molecular weight is 467 g/mol. The van der Waals surface area contributed by atoms with Crippen molar-refractivity contribution in [1.29, 1.82) is 0 Å². The highest BCUT2D eigenvalue weighted by atomic mass is 16.5. The molecule has 34 heavy (non-hydrogen) atoms. The summed E-state index contributed by atoms with van der Waals surface area (Å²) in [5.74, 6) is -1.45. The van der Waals surface area contributed by atoms with Crippen LogP contribution in [0.1, 0.15) is 64.0 Å². The quantitative estimate of drug-likeness (QED) is 0.471. The predicted octanol–water partition coefficient (Wildman–Crippen LogP) is 4.70. The number of benzene rings is 2. The van der Waals surface area contributed by atoms with Gasteiger partial charge < -0.3 is 20.5 Å². The van der Waals surface area contributed by atoms with Crippen molar-refractivity contribution in [2.24, 2.45) is 5.41 Å². The molecule has 1 aliphatic carbocycles. The number of carbonyl (C=O) groups excluding carboxylic acids is 2. The smallest absolute Gasteiger partial charge is 0.407 e. The summed E-state index contributed by atoms with van der Waals surface area (Å²) in [5.41, 5.74) is 2.72. The van der Waals surface area contributed by atoms with Gasteiger partial charge in [-0.1, -0.05) is 75.7 Å². The first kappa shape index (κ1) is 25.3. The summed E-state index contributed by atoms with van der Waals surface area (Å²) >= 11 is 0. The lowest BCUT2D eigenvalue weighted by Crippen LogP contribution is -2.53. The van der Waals surface area contributed by atoms with E-state index >= 15 is 0 Å². The van der Waals surface area contributed by atoms with Crippen molar-refractivity contribution in [3.8, 4) is 11.1 Å². The second kappa shape index (κ2) is 10.3. The third-order valence-corrected chi connectivity index (χ3v) is 6.33. The summed E-state index contributed by atoms with van der Waals surface area (Å²) in [5, 5.41) is 14.9. The molecule has 7 heteroatoms. The fraction of sp³-hybridized carbons (Fsp3) is 0.444. The lowest BCUT2D eigenvalue weighted by Gasteiger charge is -2.29. The molecular weight excluding hydrogens is 432 g/mol. The van der Waals surface area contributed by atoms with Gasteiger partial charge in [0.15, 0.2) is 0 Å². The number of carboxylic acids is 1. The van der Waals surface area contributed by atoms with Crippen LogP contribution in [0.3, 0.4) is 0 Å². The highest BCUT2D eigenvalue weighted by molar-refractivity contribution is 5.87. The Morgan fingerprint density at radius 3 is 2.06 bits per heavy atom. The van der Waals surface area contributed by atoms with Crippen LogP contribution in [0, 0.1) is 5.41 Å². The van der Waals surface area contributed by atoms with Gasteiger partial charge in [-0.15, -0.1) is 0 Å². The van der Waals surface area contributed by atoms with E-state index in [4.69, 9.17) is 4.74 Å². The first-order valence-corrected chi connectivity index (χ1v) is 11.7. The van der Waals surface area contributed by atoms with Crippen molar-refractivity contribution < 1.29 is 24.2 Å². The van der Waals surface area contributed by atoms with E-state index in [1.165, 1.54) is 6.92 Å². The van der Waals surface area contributed by atoms with E-state index in [0.29, 0.717) is 12.8 Å². The summed E-state index contributed by atoms with van der Waals surface area (Å²) in [7, 11) is 0. The van der Waals surface area contributed by atoms with Gasteiger partial charge in [-0.25, -0.2) is 9.59 Å². The van der Waals surface area contributed by atoms with E-state index in [-0.39, 0.29) is 31.4 Å². The SMILES string of the molecule is CCCC(C)(NC(=O)CC(C)(C)CNC(=O)OCC1c2ccccc2-c2ccccc21)C(=O)O. The summed E-state index contributed by atoms with van der Waals surface area (Å²) in [6, 6.07) is 16.3. The Bertz CT molecular complexity index is 1020. The van der Waals surface area contributed by atoms with Crippen molar-refractivity contribution in [1.82, 2.24) is 10.6 Å². The van der Waals surface area contributed by atoms with Gasteiger partial charge in [0.2, 0.25) is 5.91 Å². The standard InChI is InChI=1S/C27H34N2O5/c1-5-14-27(4,24(31)32)29-23(30)15-26(2,3)17-28-25(33)34-16-22-20-12-8-6-10-18(20)19-11-7-9-13-21(19)22/h6-13,22H,5,14-17H2,1-4H3,(H,28,33)(H,29,30)(H,31,32). The first-order chi connectivity index (χ1) is 16.1. The Morgan fingerprint density at radius 1 is 0.971 bits per heavy atom. The minimum absolute atomic E-state index is 0.0239. The van der Waals surface area contributed by atoms with Crippen LogP contribution >= 0.6 is 0 Å². The number of hydrogen-bond donors (Lipinski definition) is 3. The van der Waals surface area contributed by atoms with Crippen molar-refractivity contribution in [3.05, 3.63) is 59.7 Å². The molecule has 0 radical (unpaired) electrons. The van der Waals surface area contributed by atoms with E-state index in [1.54, 1.807) is 0 Å². The van der Waals surface area contributed by atoms with Crippen LogP contribution in [-0.2, 0) is 14.3 Å². The zero-order valence-corrected chi connectivity index (χ0v) is 20.3. The van der Waals surface area contributed by atoms with Gasteiger partial charge in [0.1, 0.15) is 12.1 Å². The number of fused-ring (bicyclic) bond motifs is 3. The van der Waals surface area contributed by atoms with Gasteiger partial charge in [0, 0.05) is 18.9 Å². The number of hydrogen-bond acceptors (Lipinski definition) is 4. The van der Waals surface area contributed by atoms with Gasteiger partial charge in [-0.3, -0.25) is 4.79 Å². The first-order valence-electron chi connectivity index (χ1n) is 11.7. The molecule has 182 valence electrons. The number of rotatable bonds is 10. The van der Waals surface area contributed by atoms with E-state index in [2.05, 4.69) is 34.9 Å². The Labute approximate surface area is 200 Å². The molecule has 0 aliphatic heterocycles. The third kappa shape index (κ3) is 5.76. The molecule has 0 spiro atoms. The molecular formula is C27H34N2O5. The van der Waals surface area contributed by atoms with Crippen LogP contribution in [0.15, 0.2) is 48.5 Å². The molecule has 0 saturated carbocycles. The number of amides is 2. The lowest BCUT2D eigenvalue weighted by molar-refractivity contribution is -0.147. The molecule has 3 rings (SSSR count). The van der Waals surface area contributed by atoms with Crippen molar-refractivity contribution >= 4 is 18.0 Å². The van der Waals surface area contributed by atoms with Crippen molar-refractivity contribution in [3.63, 3.8) is 0 Å². The molecule has 0 bridgehead atoms. The second-order valence-electron chi connectivity index (χ2n) is 9.96. The Balaban J connectivity index is 1.53. The van der Waals surface area contributed by atoms with Crippen LogP contribution in [0.2, 0.25) is 0 Å². The average Bonchev–Trinajstić information content (AvgIpc) is 3.09. The van der Waals surface area contributed by atoms with E-state index in [1.807, 2.05) is 45.0 Å². The minimum atomic E-state index is -1.30. The second-order valence-corrected chi connectivity index (χ2v) is 9.96. The molecule has 2 amide bonds. The van der Waals surface area contributed by atoms with Gasteiger partial charge in [0.25, 0.3) is 0 Å². The molecule has 0 heterocycles. The highest BCUT2D eigenvalue weighted by Gasteiger charge is 2.35. The zero-order valence-electron chi connectivity index (χ0n) is 20.3. The highest BCUT2D eigenvalue weighted by Crippen LogP contribution is 2.44. The van der Waals surface area contributed by atoms with E-state index in [9.17, 15) is 19.5 Å². The molecule has 3 N–H and O–H groups in total. The Morgan fingerprint density at radius 2 is 1.53 bits per heavy atom. The zero-order chi connectivity index (χ0) is 24.9. The summed E-state index contributed by atoms with van der Waals surface area (Å²) in [4.78, 5) is 36.5. The summed E-state index contributed by atoms with van der Waals surface area (Å²) in [6.07, 6.45) is 0.502. The van der Waals surface area contributed by atoms with Crippen LogP contribution in [-0.4, -0.2) is 41.8 Å². The molecule has 2 aromatic carbocycles. The van der Waals surface area contributed by atoms with Gasteiger partial charge in [0.05, 0.1) is 0 Å². The molecule has 0 aromatic heterocycles. The number of carbonyl (C=O) groups is 3. The molecule has 0 fully saturated rings. The molecule has 7 nitrogen and oxygen atoms in total. The largest absolute Gasteiger partial charge is 0.480 e. The Kier molecular flexibility index (Phi) is 7.64. The maximum absolute atomic E-state index is 12.5. The minimum Gasteiger partial charge on any atom is -0.480 e. The van der Waals surface area contributed by atoms with E-state index in [0.717, 1.165) is 22.3 Å². The van der Waals surface area contributed by atoms with Crippen LogP contribution < -0.4 is 10.6 Å².